The number of hydrogen-bond acceptors (Lipinski definition) is 3. The Morgan fingerprint density at radius 1 is 1.42 bits per heavy atom. The predicted octanol–water partition coefficient (Wildman–Crippen LogP) is -0.116. The Bertz CT molecular complexity index is 542. The number of nitrogens with two attached hydrogens (primary N) is 1. The average molecular weight is 261 g/mol. The molecule has 1 saturated heterocycles. The van der Waals surface area contributed by atoms with Crippen molar-refractivity contribution in [2.24, 2.45) is 11.7 Å². The Labute approximate surface area is 110 Å². The van der Waals surface area contributed by atoms with Crippen LogP contribution >= 0.6 is 0 Å². The molecule has 1 fully saturated rings. The van der Waals surface area contributed by atoms with Gasteiger partial charge in [-0.2, -0.15) is 0 Å². The fourth-order valence-electron chi connectivity index (χ4n) is 2.11. The van der Waals surface area contributed by atoms with Crippen molar-refractivity contribution in [3.8, 4) is 0 Å². The molecule has 0 saturated carbocycles. The van der Waals surface area contributed by atoms with Crippen LogP contribution in [0.25, 0.3) is 0 Å². The second-order valence-corrected chi connectivity index (χ2v) is 4.44. The largest absolute Gasteiger partial charge is 0.369 e. The second kappa shape index (κ2) is 5.09. The third-order valence-electron chi connectivity index (χ3n) is 3.17. The molecule has 1 atom stereocenters. The lowest BCUT2D eigenvalue weighted by atomic mass is 10.1. The van der Waals surface area contributed by atoms with Gasteiger partial charge in [-0.25, -0.2) is 0 Å². The number of amides is 3. The monoisotopic (exact) mass is 261 g/mol. The van der Waals surface area contributed by atoms with E-state index in [4.69, 9.17) is 5.73 Å². The third kappa shape index (κ3) is 2.57. The Morgan fingerprint density at radius 2 is 2.16 bits per heavy atom. The zero-order valence-corrected chi connectivity index (χ0v) is 10.6. The first kappa shape index (κ1) is 13.1. The van der Waals surface area contributed by atoms with Gasteiger partial charge in [0.2, 0.25) is 11.8 Å². The minimum Gasteiger partial charge on any atom is -0.369 e. The molecule has 1 heterocycles. The number of nitrogens with one attached hydrogen (secondary N) is 1. The molecule has 0 spiro atoms. The summed E-state index contributed by atoms with van der Waals surface area (Å²) in [6, 6.07) is 6.72. The highest BCUT2D eigenvalue weighted by Crippen LogP contribution is 2.25. The van der Waals surface area contributed by atoms with Crippen LogP contribution in [0.4, 0.5) is 5.69 Å². The summed E-state index contributed by atoms with van der Waals surface area (Å²) < 4.78 is 0. The van der Waals surface area contributed by atoms with Crippen LogP contribution < -0.4 is 16.0 Å². The third-order valence-corrected chi connectivity index (χ3v) is 3.17. The summed E-state index contributed by atoms with van der Waals surface area (Å²) in [7, 11) is 1.54. The standard InChI is InChI=1S/C13H15N3O3/c1-15-13(19)8-3-2-4-10(5-8)16-7-9(12(14)18)6-11(16)17/h2-5,9H,6-7H2,1H3,(H2,14,18)(H,15,19). The van der Waals surface area contributed by atoms with Crippen molar-refractivity contribution in [1.29, 1.82) is 0 Å². The van der Waals surface area contributed by atoms with E-state index in [-0.39, 0.29) is 24.8 Å². The smallest absolute Gasteiger partial charge is 0.251 e. The van der Waals surface area contributed by atoms with E-state index in [9.17, 15) is 14.4 Å². The van der Waals surface area contributed by atoms with Gasteiger partial charge < -0.3 is 16.0 Å². The molecular formula is C13H15N3O3. The van der Waals surface area contributed by atoms with Crippen LogP contribution in [-0.2, 0) is 9.59 Å². The summed E-state index contributed by atoms with van der Waals surface area (Å²) in [6.45, 7) is 0.269. The lowest BCUT2D eigenvalue weighted by Crippen LogP contribution is -2.28. The number of hydrogen-bond donors (Lipinski definition) is 2. The lowest BCUT2D eigenvalue weighted by molar-refractivity contribution is -0.123. The van der Waals surface area contributed by atoms with Gasteiger partial charge in [0, 0.05) is 31.3 Å². The van der Waals surface area contributed by atoms with Crippen molar-refractivity contribution in [3.05, 3.63) is 29.8 Å². The quantitative estimate of drug-likeness (QED) is 0.794. The van der Waals surface area contributed by atoms with Crippen molar-refractivity contribution < 1.29 is 14.4 Å². The molecule has 3 amide bonds. The molecule has 0 radical (unpaired) electrons. The van der Waals surface area contributed by atoms with E-state index in [0.29, 0.717) is 11.3 Å². The molecule has 19 heavy (non-hydrogen) atoms. The SMILES string of the molecule is CNC(=O)c1cccc(N2CC(C(N)=O)CC2=O)c1. The molecule has 1 aromatic carbocycles. The average Bonchev–Trinajstić information content (AvgIpc) is 2.80. The predicted molar refractivity (Wildman–Crippen MR) is 69.5 cm³/mol. The molecule has 0 aliphatic carbocycles. The van der Waals surface area contributed by atoms with Gasteiger partial charge in [0.1, 0.15) is 0 Å². The van der Waals surface area contributed by atoms with E-state index in [1.165, 1.54) is 4.90 Å². The maximum absolute atomic E-state index is 11.9. The fourth-order valence-corrected chi connectivity index (χ4v) is 2.11. The maximum Gasteiger partial charge on any atom is 0.251 e. The molecule has 100 valence electrons. The Kier molecular flexibility index (Phi) is 3.50. The minimum absolute atomic E-state index is 0.125. The Balaban J connectivity index is 2.25. The molecule has 1 unspecified atom stereocenters. The van der Waals surface area contributed by atoms with Gasteiger partial charge in [-0.05, 0) is 18.2 Å². The lowest BCUT2D eigenvalue weighted by Gasteiger charge is -2.17. The second-order valence-electron chi connectivity index (χ2n) is 4.44. The van der Waals surface area contributed by atoms with Crippen molar-refractivity contribution in [3.63, 3.8) is 0 Å². The van der Waals surface area contributed by atoms with Crippen LogP contribution in [0, 0.1) is 5.92 Å². The Hall–Kier alpha value is -2.37. The van der Waals surface area contributed by atoms with E-state index >= 15 is 0 Å². The summed E-state index contributed by atoms with van der Waals surface area (Å²) in [4.78, 5) is 36.0. The van der Waals surface area contributed by atoms with Crippen molar-refractivity contribution in [2.75, 3.05) is 18.5 Å². The van der Waals surface area contributed by atoms with Gasteiger partial charge in [-0.1, -0.05) is 6.07 Å². The van der Waals surface area contributed by atoms with E-state index in [2.05, 4.69) is 5.32 Å². The highest BCUT2D eigenvalue weighted by Gasteiger charge is 2.34. The van der Waals surface area contributed by atoms with Gasteiger partial charge >= 0.3 is 0 Å². The number of benzene rings is 1. The number of carbonyl (C=O) groups is 3. The van der Waals surface area contributed by atoms with Crippen LogP contribution in [0.3, 0.4) is 0 Å². The summed E-state index contributed by atoms with van der Waals surface area (Å²) in [5, 5.41) is 2.52. The molecule has 1 aliphatic heterocycles. The van der Waals surface area contributed by atoms with E-state index in [1.807, 2.05) is 0 Å². The van der Waals surface area contributed by atoms with Crippen molar-refractivity contribution in [1.82, 2.24) is 5.32 Å². The number of nitrogens with zero attached hydrogens (tertiary/aromatic N) is 1. The minimum atomic E-state index is -0.474. The van der Waals surface area contributed by atoms with Crippen LogP contribution in [-0.4, -0.2) is 31.3 Å². The molecule has 1 aromatic rings. The molecule has 2 rings (SSSR count). The van der Waals surface area contributed by atoms with E-state index < -0.39 is 11.8 Å². The first-order chi connectivity index (χ1) is 9.02. The molecule has 1 aliphatic rings. The van der Waals surface area contributed by atoms with Crippen LogP contribution in [0.15, 0.2) is 24.3 Å². The maximum atomic E-state index is 11.9. The number of carbonyl (C=O) groups excluding carboxylic acids is 3. The first-order valence-electron chi connectivity index (χ1n) is 5.94. The first-order valence-corrected chi connectivity index (χ1v) is 5.94. The molecule has 3 N–H and O–H groups in total. The number of primary amides is 1. The van der Waals surface area contributed by atoms with Crippen LogP contribution in [0.5, 0.6) is 0 Å². The number of rotatable bonds is 3. The normalized spacial score (nSPS) is 18.5. The van der Waals surface area contributed by atoms with Crippen molar-refractivity contribution >= 4 is 23.4 Å². The summed E-state index contributed by atoms with van der Waals surface area (Å²) in [6.07, 6.45) is 0.125. The van der Waals surface area contributed by atoms with Crippen LogP contribution in [0.1, 0.15) is 16.8 Å². The molecule has 0 aromatic heterocycles. The number of anilines is 1. The van der Waals surface area contributed by atoms with Crippen molar-refractivity contribution in [2.45, 2.75) is 6.42 Å². The van der Waals surface area contributed by atoms with Gasteiger partial charge in [-0.3, -0.25) is 14.4 Å². The van der Waals surface area contributed by atoms with Gasteiger partial charge in [0.05, 0.1) is 5.92 Å². The van der Waals surface area contributed by atoms with E-state index in [1.54, 1.807) is 31.3 Å². The van der Waals surface area contributed by atoms with Gasteiger partial charge in [0.25, 0.3) is 5.91 Å². The zero-order valence-electron chi connectivity index (χ0n) is 10.6. The molecule has 6 heteroatoms. The topological polar surface area (TPSA) is 92.5 Å². The summed E-state index contributed by atoms with van der Waals surface area (Å²) in [5.41, 5.74) is 6.29. The van der Waals surface area contributed by atoms with Crippen LogP contribution in [0.2, 0.25) is 0 Å². The summed E-state index contributed by atoms with van der Waals surface area (Å²) >= 11 is 0. The zero-order chi connectivity index (χ0) is 14.0. The Morgan fingerprint density at radius 3 is 2.74 bits per heavy atom. The highest BCUT2D eigenvalue weighted by molar-refractivity contribution is 6.01. The highest BCUT2D eigenvalue weighted by atomic mass is 16.2. The summed E-state index contributed by atoms with van der Waals surface area (Å²) in [5.74, 6) is -1.31. The molecule has 6 nitrogen and oxygen atoms in total. The molecular weight excluding hydrogens is 246 g/mol. The van der Waals surface area contributed by atoms with Gasteiger partial charge in [-0.15, -0.1) is 0 Å². The van der Waals surface area contributed by atoms with E-state index in [0.717, 1.165) is 0 Å². The fraction of sp³-hybridized carbons (Fsp3) is 0.308. The van der Waals surface area contributed by atoms with Gasteiger partial charge in [0.15, 0.2) is 0 Å². The molecule has 0 bridgehead atoms.